The Morgan fingerprint density at radius 2 is 2.13 bits per heavy atom. The van der Waals surface area contributed by atoms with Crippen LogP contribution in [0.25, 0.3) is 0 Å². The van der Waals surface area contributed by atoms with Crippen molar-refractivity contribution >= 4 is 5.97 Å². The number of rotatable bonds is 11. The number of ether oxygens (including phenoxy) is 3. The van der Waals surface area contributed by atoms with Crippen molar-refractivity contribution in [2.75, 3.05) is 33.4 Å². The maximum atomic E-state index is 11.4. The van der Waals surface area contributed by atoms with E-state index in [9.17, 15) is 9.90 Å². The second kappa shape index (κ2) is 11.0. The predicted octanol–water partition coefficient (Wildman–Crippen LogP) is 1.62. The molecule has 0 aliphatic rings. The van der Waals surface area contributed by atoms with E-state index in [0.717, 1.165) is 13.0 Å². The molecule has 6 heteroatoms. The van der Waals surface area contributed by atoms with Gasteiger partial charge in [-0.3, -0.25) is 0 Å². The standard InChI is InChI=1S/C17H27NO5/c1-13(2)22-9-5-8-18-11-15(19)12-23-16-7-4-6-14(10-16)17(20)21-3/h4,6-7,10,13,15,18-19H,5,8-9,11-12H2,1-3H3/t15-/m1/s1. The van der Waals surface area contributed by atoms with Crippen molar-refractivity contribution in [1.82, 2.24) is 5.32 Å². The Kier molecular flexibility index (Phi) is 9.28. The molecular formula is C17H27NO5. The molecule has 1 aromatic rings. The molecule has 0 amide bonds. The summed E-state index contributed by atoms with van der Waals surface area (Å²) in [5.74, 6) is 0.110. The van der Waals surface area contributed by atoms with Crippen molar-refractivity contribution in [2.24, 2.45) is 0 Å². The molecule has 2 N–H and O–H groups in total. The van der Waals surface area contributed by atoms with Crippen LogP contribution in [0.2, 0.25) is 0 Å². The lowest BCUT2D eigenvalue weighted by atomic mass is 10.2. The molecule has 6 nitrogen and oxygen atoms in total. The summed E-state index contributed by atoms with van der Waals surface area (Å²) in [7, 11) is 1.33. The Labute approximate surface area is 137 Å². The zero-order valence-electron chi connectivity index (χ0n) is 14.1. The number of aliphatic hydroxyl groups excluding tert-OH is 1. The van der Waals surface area contributed by atoms with Gasteiger partial charge in [0.1, 0.15) is 18.5 Å². The van der Waals surface area contributed by atoms with E-state index in [1.807, 2.05) is 13.8 Å². The maximum absolute atomic E-state index is 11.4. The van der Waals surface area contributed by atoms with Crippen LogP contribution in [-0.2, 0) is 9.47 Å². The molecule has 0 saturated heterocycles. The van der Waals surface area contributed by atoms with Crippen LogP contribution in [0, 0.1) is 0 Å². The molecule has 1 atom stereocenters. The Morgan fingerprint density at radius 1 is 1.35 bits per heavy atom. The third kappa shape index (κ3) is 8.54. The lowest BCUT2D eigenvalue weighted by Crippen LogP contribution is -2.32. The number of aliphatic hydroxyl groups is 1. The van der Waals surface area contributed by atoms with Gasteiger partial charge in [0, 0.05) is 13.2 Å². The number of hydrogen-bond acceptors (Lipinski definition) is 6. The number of nitrogens with one attached hydrogen (secondary N) is 1. The van der Waals surface area contributed by atoms with E-state index >= 15 is 0 Å². The lowest BCUT2D eigenvalue weighted by Gasteiger charge is -2.14. The monoisotopic (exact) mass is 325 g/mol. The molecule has 1 aromatic carbocycles. The van der Waals surface area contributed by atoms with Gasteiger partial charge in [0.05, 0.1) is 18.8 Å². The summed E-state index contributed by atoms with van der Waals surface area (Å²) < 4.78 is 15.6. The van der Waals surface area contributed by atoms with Gasteiger partial charge in [0.15, 0.2) is 0 Å². The highest BCUT2D eigenvalue weighted by molar-refractivity contribution is 5.89. The van der Waals surface area contributed by atoms with E-state index < -0.39 is 12.1 Å². The first-order valence-corrected chi connectivity index (χ1v) is 7.84. The van der Waals surface area contributed by atoms with Gasteiger partial charge in [-0.05, 0) is 45.0 Å². The van der Waals surface area contributed by atoms with Crippen LogP contribution in [0.15, 0.2) is 24.3 Å². The highest BCUT2D eigenvalue weighted by atomic mass is 16.5. The molecule has 0 aromatic heterocycles. The smallest absolute Gasteiger partial charge is 0.337 e. The quantitative estimate of drug-likeness (QED) is 0.475. The van der Waals surface area contributed by atoms with Gasteiger partial charge < -0.3 is 24.6 Å². The molecular weight excluding hydrogens is 298 g/mol. The van der Waals surface area contributed by atoms with Crippen molar-refractivity contribution in [3.8, 4) is 5.75 Å². The molecule has 0 saturated carbocycles. The van der Waals surface area contributed by atoms with E-state index in [2.05, 4.69) is 10.1 Å². The van der Waals surface area contributed by atoms with E-state index in [1.165, 1.54) is 7.11 Å². The fourth-order valence-corrected chi connectivity index (χ4v) is 1.87. The van der Waals surface area contributed by atoms with E-state index in [-0.39, 0.29) is 12.7 Å². The minimum absolute atomic E-state index is 0.153. The van der Waals surface area contributed by atoms with Crippen LogP contribution >= 0.6 is 0 Å². The minimum Gasteiger partial charge on any atom is -0.491 e. The predicted molar refractivity (Wildman–Crippen MR) is 87.9 cm³/mol. The van der Waals surface area contributed by atoms with Gasteiger partial charge in [-0.1, -0.05) is 6.07 Å². The number of benzene rings is 1. The van der Waals surface area contributed by atoms with E-state index in [4.69, 9.17) is 9.47 Å². The van der Waals surface area contributed by atoms with Gasteiger partial charge in [-0.2, -0.15) is 0 Å². The third-order valence-electron chi connectivity index (χ3n) is 3.03. The lowest BCUT2D eigenvalue weighted by molar-refractivity contribution is 0.0599. The van der Waals surface area contributed by atoms with Gasteiger partial charge >= 0.3 is 5.97 Å². The normalized spacial score (nSPS) is 12.2. The van der Waals surface area contributed by atoms with Crippen molar-refractivity contribution in [2.45, 2.75) is 32.5 Å². The van der Waals surface area contributed by atoms with Crippen molar-refractivity contribution < 1.29 is 24.1 Å². The summed E-state index contributed by atoms with van der Waals surface area (Å²) in [6.07, 6.45) is 0.518. The summed E-state index contributed by atoms with van der Waals surface area (Å²) in [6.45, 7) is 6.09. The second-order valence-electron chi connectivity index (χ2n) is 5.46. The van der Waals surface area contributed by atoms with Gasteiger partial charge in [0.25, 0.3) is 0 Å². The Bertz CT molecular complexity index is 464. The number of hydrogen-bond donors (Lipinski definition) is 2. The minimum atomic E-state index is -0.622. The van der Waals surface area contributed by atoms with Crippen LogP contribution in [0.3, 0.4) is 0 Å². The zero-order chi connectivity index (χ0) is 17.1. The first-order chi connectivity index (χ1) is 11.0. The van der Waals surface area contributed by atoms with Crippen molar-refractivity contribution in [3.05, 3.63) is 29.8 Å². The molecule has 0 unspecified atom stereocenters. The first kappa shape index (κ1) is 19.4. The average Bonchev–Trinajstić information content (AvgIpc) is 2.55. The number of carbonyl (C=O) groups excluding carboxylic acids is 1. The highest BCUT2D eigenvalue weighted by Crippen LogP contribution is 2.14. The molecule has 0 heterocycles. The summed E-state index contributed by atoms with van der Waals surface area (Å²) in [6, 6.07) is 6.68. The van der Waals surface area contributed by atoms with Crippen LogP contribution in [-0.4, -0.2) is 56.7 Å². The van der Waals surface area contributed by atoms with E-state index in [1.54, 1.807) is 24.3 Å². The molecule has 1 rings (SSSR count). The fourth-order valence-electron chi connectivity index (χ4n) is 1.87. The third-order valence-corrected chi connectivity index (χ3v) is 3.03. The van der Waals surface area contributed by atoms with Crippen LogP contribution in [0.5, 0.6) is 5.75 Å². The molecule has 0 bridgehead atoms. The highest BCUT2D eigenvalue weighted by Gasteiger charge is 2.08. The van der Waals surface area contributed by atoms with Crippen molar-refractivity contribution in [1.29, 1.82) is 0 Å². The zero-order valence-corrected chi connectivity index (χ0v) is 14.1. The van der Waals surface area contributed by atoms with Gasteiger partial charge in [-0.25, -0.2) is 4.79 Å². The number of esters is 1. The molecule has 0 fully saturated rings. The first-order valence-electron chi connectivity index (χ1n) is 7.84. The largest absolute Gasteiger partial charge is 0.491 e. The Morgan fingerprint density at radius 3 is 2.83 bits per heavy atom. The average molecular weight is 325 g/mol. The van der Waals surface area contributed by atoms with Crippen LogP contribution in [0.1, 0.15) is 30.6 Å². The van der Waals surface area contributed by atoms with Gasteiger partial charge in [0.2, 0.25) is 0 Å². The fraction of sp³-hybridized carbons (Fsp3) is 0.588. The topological polar surface area (TPSA) is 77.0 Å². The number of carbonyl (C=O) groups is 1. The summed E-state index contributed by atoms with van der Waals surface area (Å²) in [5, 5.41) is 13.0. The Balaban J connectivity index is 2.20. The van der Waals surface area contributed by atoms with Crippen LogP contribution in [0.4, 0.5) is 0 Å². The molecule has 130 valence electrons. The van der Waals surface area contributed by atoms with E-state index in [0.29, 0.717) is 24.5 Å². The van der Waals surface area contributed by atoms with Gasteiger partial charge in [-0.15, -0.1) is 0 Å². The SMILES string of the molecule is COC(=O)c1cccc(OC[C@H](O)CNCCCOC(C)C)c1. The maximum Gasteiger partial charge on any atom is 0.337 e. The summed E-state index contributed by atoms with van der Waals surface area (Å²) >= 11 is 0. The number of methoxy groups -OCH3 is 1. The molecule has 0 aliphatic heterocycles. The summed E-state index contributed by atoms with van der Waals surface area (Å²) in [5.41, 5.74) is 0.419. The van der Waals surface area contributed by atoms with Crippen LogP contribution < -0.4 is 10.1 Å². The molecule has 23 heavy (non-hydrogen) atoms. The molecule has 0 radical (unpaired) electrons. The Hall–Kier alpha value is -1.63. The molecule has 0 spiro atoms. The summed E-state index contributed by atoms with van der Waals surface area (Å²) in [4.78, 5) is 11.4. The molecule has 0 aliphatic carbocycles. The second-order valence-corrected chi connectivity index (χ2v) is 5.46. The van der Waals surface area contributed by atoms with Crippen molar-refractivity contribution in [3.63, 3.8) is 0 Å².